The second-order valence-electron chi connectivity index (χ2n) is 4.62. The third-order valence-corrected chi connectivity index (χ3v) is 3.59. The lowest BCUT2D eigenvalue weighted by Crippen LogP contribution is -1.99. The molecule has 17 heavy (non-hydrogen) atoms. The summed E-state index contributed by atoms with van der Waals surface area (Å²) in [4.78, 5) is 12.0. The highest BCUT2D eigenvalue weighted by Crippen LogP contribution is 2.38. The average molecular weight is 222 g/mol. The maximum absolute atomic E-state index is 12.0. The molecule has 1 heteroatoms. The van der Waals surface area contributed by atoms with Crippen LogP contribution < -0.4 is 0 Å². The van der Waals surface area contributed by atoms with Gasteiger partial charge in [0.05, 0.1) is 0 Å². The van der Waals surface area contributed by atoms with Gasteiger partial charge in [-0.05, 0) is 23.6 Å². The fourth-order valence-corrected chi connectivity index (χ4v) is 2.72. The Morgan fingerprint density at radius 2 is 1.59 bits per heavy atom. The second-order valence-corrected chi connectivity index (χ2v) is 4.62. The van der Waals surface area contributed by atoms with Gasteiger partial charge in [0.1, 0.15) is 0 Å². The van der Waals surface area contributed by atoms with E-state index in [4.69, 9.17) is 0 Å². The predicted octanol–water partition coefficient (Wildman–Crippen LogP) is 3.71. The monoisotopic (exact) mass is 222 g/mol. The zero-order chi connectivity index (χ0) is 11.8. The molecule has 0 aliphatic heterocycles. The van der Waals surface area contributed by atoms with Crippen LogP contribution in [0.2, 0.25) is 0 Å². The third kappa shape index (κ3) is 1.59. The zero-order valence-electron chi connectivity index (χ0n) is 9.81. The van der Waals surface area contributed by atoms with Gasteiger partial charge in [-0.3, -0.25) is 4.79 Å². The van der Waals surface area contributed by atoms with Crippen LogP contribution in [0.5, 0.6) is 0 Å². The summed E-state index contributed by atoms with van der Waals surface area (Å²) in [5, 5.41) is 0. The van der Waals surface area contributed by atoms with Crippen molar-refractivity contribution in [3.05, 3.63) is 70.8 Å². The molecule has 0 amide bonds. The number of ketones is 1. The molecule has 1 aliphatic rings. The van der Waals surface area contributed by atoms with Crippen LogP contribution in [0.1, 0.15) is 39.4 Å². The minimum Gasteiger partial charge on any atom is -0.294 e. The number of hydrogen-bond donors (Lipinski definition) is 0. The summed E-state index contributed by atoms with van der Waals surface area (Å²) in [5.41, 5.74) is 4.64. The summed E-state index contributed by atoms with van der Waals surface area (Å²) >= 11 is 0. The smallest absolute Gasteiger partial charge is 0.164 e. The van der Waals surface area contributed by atoms with Crippen LogP contribution in [0.25, 0.3) is 0 Å². The number of benzene rings is 2. The maximum Gasteiger partial charge on any atom is 0.164 e. The first-order chi connectivity index (χ1) is 8.27. The molecule has 0 spiro atoms. The van der Waals surface area contributed by atoms with Gasteiger partial charge in [0.2, 0.25) is 0 Å². The molecular formula is C16H14O. The van der Waals surface area contributed by atoms with Crippen molar-refractivity contribution in [3.8, 4) is 0 Å². The van der Waals surface area contributed by atoms with E-state index in [9.17, 15) is 4.79 Å². The van der Waals surface area contributed by atoms with Gasteiger partial charge in [-0.15, -0.1) is 0 Å². The molecule has 1 nitrogen and oxygen atoms in total. The highest BCUT2D eigenvalue weighted by molar-refractivity contribution is 6.01. The standard InChI is InChI=1S/C16H14O/c1-11-6-2-3-7-12(11)15-10-16(17)14-9-5-4-8-13(14)15/h2-9,15H,10H2,1H3. The van der Waals surface area contributed by atoms with E-state index in [0.29, 0.717) is 6.42 Å². The first kappa shape index (κ1) is 10.3. The Morgan fingerprint density at radius 1 is 0.941 bits per heavy atom. The van der Waals surface area contributed by atoms with E-state index in [1.807, 2.05) is 30.3 Å². The lowest BCUT2D eigenvalue weighted by Gasteiger charge is -2.13. The molecule has 0 bridgehead atoms. The van der Waals surface area contributed by atoms with Crippen LogP contribution in [0.4, 0.5) is 0 Å². The maximum atomic E-state index is 12.0. The molecule has 1 unspecified atom stereocenters. The van der Waals surface area contributed by atoms with Gasteiger partial charge in [0.15, 0.2) is 5.78 Å². The van der Waals surface area contributed by atoms with Crippen LogP contribution in [0.3, 0.4) is 0 Å². The van der Waals surface area contributed by atoms with E-state index in [1.54, 1.807) is 0 Å². The van der Waals surface area contributed by atoms with Crippen molar-refractivity contribution in [1.82, 2.24) is 0 Å². The molecule has 0 N–H and O–H groups in total. The Labute approximate surface area is 101 Å². The molecule has 2 aromatic rings. The Kier molecular flexibility index (Phi) is 2.32. The van der Waals surface area contributed by atoms with E-state index >= 15 is 0 Å². The van der Waals surface area contributed by atoms with Gasteiger partial charge in [0, 0.05) is 17.9 Å². The topological polar surface area (TPSA) is 17.1 Å². The molecule has 3 rings (SSSR count). The van der Waals surface area contributed by atoms with Gasteiger partial charge in [-0.25, -0.2) is 0 Å². The Hall–Kier alpha value is -1.89. The zero-order valence-corrected chi connectivity index (χ0v) is 9.81. The third-order valence-electron chi connectivity index (χ3n) is 3.59. The first-order valence-electron chi connectivity index (χ1n) is 5.95. The Morgan fingerprint density at radius 3 is 2.35 bits per heavy atom. The lowest BCUT2D eigenvalue weighted by atomic mass is 9.90. The first-order valence-corrected chi connectivity index (χ1v) is 5.95. The molecule has 1 atom stereocenters. The molecule has 1 aliphatic carbocycles. The van der Waals surface area contributed by atoms with Crippen LogP contribution in [0, 0.1) is 6.92 Å². The summed E-state index contributed by atoms with van der Waals surface area (Å²) in [7, 11) is 0. The predicted molar refractivity (Wildman–Crippen MR) is 68.4 cm³/mol. The van der Waals surface area contributed by atoms with E-state index in [2.05, 4.69) is 25.1 Å². The number of fused-ring (bicyclic) bond motifs is 1. The molecule has 0 saturated heterocycles. The van der Waals surface area contributed by atoms with Crippen LogP contribution in [-0.4, -0.2) is 5.78 Å². The van der Waals surface area contributed by atoms with Crippen molar-refractivity contribution in [3.63, 3.8) is 0 Å². The van der Waals surface area contributed by atoms with Crippen molar-refractivity contribution >= 4 is 5.78 Å². The number of Topliss-reactive ketones (excluding diaryl/α,β-unsaturated/α-hetero) is 1. The summed E-state index contributed by atoms with van der Waals surface area (Å²) in [6, 6.07) is 16.3. The van der Waals surface area contributed by atoms with Crippen molar-refractivity contribution in [1.29, 1.82) is 0 Å². The Balaban J connectivity index is 2.14. The van der Waals surface area contributed by atoms with E-state index < -0.39 is 0 Å². The van der Waals surface area contributed by atoms with Gasteiger partial charge in [0.25, 0.3) is 0 Å². The minimum absolute atomic E-state index is 0.250. The minimum atomic E-state index is 0.250. The van der Waals surface area contributed by atoms with Gasteiger partial charge >= 0.3 is 0 Å². The summed E-state index contributed by atoms with van der Waals surface area (Å²) in [6.07, 6.45) is 0.615. The summed E-state index contributed by atoms with van der Waals surface area (Å²) in [5.74, 6) is 0.522. The molecule has 0 saturated carbocycles. The van der Waals surface area contributed by atoms with Crippen molar-refractivity contribution in [2.24, 2.45) is 0 Å². The number of aryl methyl sites for hydroxylation is 1. The molecular weight excluding hydrogens is 208 g/mol. The number of carbonyl (C=O) groups is 1. The van der Waals surface area contributed by atoms with Crippen LogP contribution >= 0.6 is 0 Å². The molecule has 84 valence electrons. The Bertz CT molecular complexity index is 584. The summed E-state index contributed by atoms with van der Waals surface area (Å²) in [6.45, 7) is 2.11. The molecule has 0 aromatic heterocycles. The van der Waals surface area contributed by atoms with Gasteiger partial charge < -0.3 is 0 Å². The summed E-state index contributed by atoms with van der Waals surface area (Å²) < 4.78 is 0. The quantitative estimate of drug-likeness (QED) is 0.718. The molecule has 2 aromatic carbocycles. The fraction of sp³-hybridized carbons (Fsp3) is 0.188. The molecule has 0 fully saturated rings. The van der Waals surface area contributed by atoms with Crippen molar-refractivity contribution < 1.29 is 4.79 Å². The van der Waals surface area contributed by atoms with Crippen molar-refractivity contribution in [2.75, 3.05) is 0 Å². The number of rotatable bonds is 1. The largest absolute Gasteiger partial charge is 0.294 e. The van der Waals surface area contributed by atoms with E-state index in [-0.39, 0.29) is 11.7 Å². The number of hydrogen-bond acceptors (Lipinski definition) is 1. The lowest BCUT2D eigenvalue weighted by molar-refractivity contribution is 0.0991. The van der Waals surface area contributed by atoms with E-state index in [1.165, 1.54) is 16.7 Å². The highest BCUT2D eigenvalue weighted by atomic mass is 16.1. The number of carbonyl (C=O) groups excluding carboxylic acids is 1. The second kappa shape index (κ2) is 3.85. The molecule has 0 radical (unpaired) electrons. The van der Waals surface area contributed by atoms with Crippen LogP contribution in [0.15, 0.2) is 48.5 Å². The normalized spacial score (nSPS) is 18.2. The van der Waals surface area contributed by atoms with Gasteiger partial charge in [-0.1, -0.05) is 48.5 Å². The molecule has 0 heterocycles. The van der Waals surface area contributed by atoms with Crippen LogP contribution in [-0.2, 0) is 0 Å². The van der Waals surface area contributed by atoms with E-state index in [0.717, 1.165) is 5.56 Å². The fourth-order valence-electron chi connectivity index (χ4n) is 2.72. The highest BCUT2D eigenvalue weighted by Gasteiger charge is 2.30. The van der Waals surface area contributed by atoms with Crippen molar-refractivity contribution in [2.45, 2.75) is 19.3 Å². The van der Waals surface area contributed by atoms with Gasteiger partial charge in [-0.2, -0.15) is 0 Å². The average Bonchev–Trinajstić information content (AvgIpc) is 2.68. The SMILES string of the molecule is Cc1ccccc1C1CC(=O)c2ccccc21.